The molecule has 0 aliphatic carbocycles. The Labute approximate surface area is 127 Å². The van der Waals surface area contributed by atoms with E-state index in [-0.39, 0.29) is 5.91 Å². The Morgan fingerprint density at radius 1 is 1.25 bits per heavy atom. The number of amides is 1. The molecule has 0 fully saturated rings. The molecule has 104 valence electrons. The molecule has 0 saturated carbocycles. The number of benzene rings is 2. The van der Waals surface area contributed by atoms with Crippen molar-refractivity contribution in [3.05, 3.63) is 53.6 Å². The molecular formula is C15H14ClNO2S. The molecule has 0 unspecified atom stereocenters. The highest BCUT2D eigenvalue weighted by molar-refractivity contribution is 8.00. The van der Waals surface area contributed by atoms with Gasteiger partial charge in [-0.15, -0.1) is 11.8 Å². The molecule has 0 atom stereocenters. The monoisotopic (exact) mass is 307 g/mol. The molecule has 5 heteroatoms. The van der Waals surface area contributed by atoms with Crippen LogP contribution in [0.1, 0.15) is 0 Å². The lowest BCUT2D eigenvalue weighted by atomic mass is 10.3. The van der Waals surface area contributed by atoms with Gasteiger partial charge in [-0.3, -0.25) is 4.79 Å². The second kappa shape index (κ2) is 7.22. The molecule has 0 aromatic heterocycles. The van der Waals surface area contributed by atoms with Crippen molar-refractivity contribution in [1.29, 1.82) is 0 Å². The standard InChI is InChI=1S/C15H14ClNO2S/c1-19-13-5-7-14(8-6-13)20-10-15(18)17-12-4-2-3-11(16)9-12/h2-9H,10H2,1H3,(H,17,18). The molecule has 0 radical (unpaired) electrons. The first-order valence-electron chi connectivity index (χ1n) is 5.99. The number of carbonyl (C=O) groups excluding carboxylic acids is 1. The van der Waals surface area contributed by atoms with Crippen molar-refractivity contribution in [2.45, 2.75) is 4.90 Å². The van der Waals surface area contributed by atoms with Gasteiger partial charge in [0.15, 0.2) is 0 Å². The lowest BCUT2D eigenvalue weighted by Gasteiger charge is -2.06. The maximum Gasteiger partial charge on any atom is 0.234 e. The highest BCUT2D eigenvalue weighted by atomic mass is 35.5. The number of rotatable bonds is 5. The summed E-state index contributed by atoms with van der Waals surface area (Å²) in [4.78, 5) is 12.8. The third-order valence-electron chi connectivity index (χ3n) is 2.54. The Morgan fingerprint density at radius 2 is 2.00 bits per heavy atom. The average molecular weight is 308 g/mol. The summed E-state index contributed by atoms with van der Waals surface area (Å²) < 4.78 is 5.08. The van der Waals surface area contributed by atoms with Gasteiger partial charge in [0.25, 0.3) is 0 Å². The van der Waals surface area contributed by atoms with Crippen LogP contribution in [0.5, 0.6) is 5.75 Å². The number of ether oxygens (including phenoxy) is 1. The van der Waals surface area contributed by atoms with Gasteiger partial charge < -0.3 is 10.1 Å². The summed E-state index contributed by atoms with van der Waals surface area (Å²) in [5.74, 6) is 1.09. The topological polar surface area (TPSA) is 38.3 Å². The van der Waals surface area contributed by atoms with Crippen LogP contribution in [0.15, 0.2) is 53.4 Å². The van der Waals surface area contributed by atoms with Crippen LogP contribution in [-0.2, 0) is 4.79 Å². The fourth-order valence-electron chi connectivity index (χ4n) is 1.58. The SMILES string of the molecule is COc1ccc(SCC(=O)Nc2cccc(Cl)c2)cc1. The molecule has 2 rings (SSSR count). The van der Waals surface area contributed by atoms with E-state index < -0.39 is 0 Å². The zero-order valence-corrected chi connectivity index (χ0v) is 12.5. The van der Waals surface area contributed by atoms with Gasteiger partial charge in [-0.1, -0.05) is 17.7 Å². The smallest absolute Gasteiger partial charge is 0.234 e. The summed E-state index contributed by atoms with van der Waals surface area (Å²) in [7, 11) is 1.63. The third kappa shape index (κ3) is 4.47. The van der Waals surface area contributed by atoms with Crippen LogP contribution < -0.4 is 10.1 Å². The minimum absolute atomic E-state index is 0.0620. The average Bonchev–Trinajstić information content (AvgIpc) is 2.46. The number of hydrogen-bond acceptors (Lipinski definition) is 3. The van der Waals surface area contributed by atoms with Crippen LogP contribution in [0, 0.1) is 0 Å². The van der Waals surface area contributed by atoms with E-state index in [0.717, 1.165) is 10.6 Å². The predicted molar refractivity (Wildman–Crippen MR) is 83.8 cm³/mol. The number of halogens is 1. The molecule has 1 N–H and O–H groups in total. The van der Waals surface area contributed by atoms with Crippen molar-refractivity contribution in [1.82, 2.24) is 0 Å². The molecule has 0 bridgehead atoms. The van der Waals surface area contributed by atoms with Crippen LogP contribution in [0.3, 0.4) is 0 Å². The summed E-state index contributed by atoms with van der Waals surface area (Å²) in [5, 5.41) is 3.41. The molecule has 3 nitrogen and oxygen atoms in total. The van der Waals surface area contributed by atoms with E-state index in [1.165, 1.54) is 11.8 Å². The quantitative estimate of drug-likeness (QED) is 0.846. The summed E-state index contributed by atoms with van der Waals surface area (Å²) >= 11 is 7.33. The summed E-state index contributed by atoms with van der Waals surface area (Å²) in [6, 6.07) is 14.7. The normalized spacial score (nSPS) is 10.1. The number of anilines is 1. The maximum atomic E-state index is 11.8. The molecule has 0 spiro atoms. The van der Waals surface area contributed by atoms with Crippen LogP contribution >= 0.6 is 23.4 Å². The molecule has 0 aliphatic heterocycles. The molecular weight excluding hydrogens is 294 g/mol. The van der Waals surface area contributed by atoms with Crippen molar-refractivity contribution < 1.29 is 9.53 Å². The van der Waals surface area contributed by atoms with Crippen LogP contribution in [0.4, 0.5) is 5.69 Å². The lowest BCUT2D eigenvalue weighted by Crippen LogP contribution is -2.13. The van der Waals surface area contributed by atoms with Gasteiger partial charge in [0.05, 0.1) is 12.9 Å². The minimum atomic E-state index is -0.0620. The third-order valence-corrected chi connectivity index (χ3v) is 3.78. The van der Waals surface area contributed by atoms with Gasteiger partial charge in [-0.05, 0) is 42.5 Å². The molecule has 2 aromatic carbocycles. The Morgan fingerprint density at radius 3 is 2.65 bits per heavy atom. The zero-order valence-electron chi connectivity index (χ0n) is 10.9. The number of carbonyl (C=O) groups is 1. The van der Waals surface area contributed by atoms with Crippen molar-refractivity contribution in [2.24, 2.45) is 0 Å². The predicted octanol–water partition coefficient (Wildman–Crippen LogP) is 4.08. The lowest BCUT2D eigenvalue weighted by molar-refractivity contribution is -0.113. The van der Waals surface area contributed by atoms with Gasteiger partial charge >= 0.3 is 0 Å². The summed E-state index contributed by atoms with van der Waals surface area (Å²) in [6.07, 6.45) is 0. The van der Waals surface area contributed by atoms with E-state index in [4.69, 9.17) is 16.3 Å². The largest absolute Gasteiger partial charge is 0.497 e. The second-order valence-electron chi connectivity index (χ2n) is 4.02. The molecule has 2 aromatic rings. The number of methoxy groups -OCH3 is 1. The van der Waals surface area contributed by atoms with E-state index in [2.05, 4.69) is 5.32 Å². The fraction of sp³-hybridized carbons (Fsp3) is 0.133. The first kappa shape index (κ1) is 14.8. The second-order valence-corrected chi connectivity index (χ2v) is 5.51. The Hall–Kier alpha value is -1.65. The minimum Gasteiger partial charge on any atom is -0.497 e. The van der Waals surface area contributed by atoms with Gasteiger partial charge in [0.2, 0.25) is 5.91 Å². The van der Waals surface area contributed by atoms with Gasteiger partial charge in [-0.2, -0.15) is 0 Å². The van der Waals surface area contributed by atoms with Crippen molar-refractivity contribution in [3.8, 4) is 5.75 Å². The van der Waals surface area contributed by atoms with Crippen molar-refractivity contribution >= 4 is 35.0 Å². The van der Waals surface area contributed by atoms with E-state index >= 15 is 0 Å². The maximum absolute atomic E-state index is 11.8. The van der Waals surface area contributed by atoms with Gasteiger partial charge in [0, 0.05) is 15.6 Å². The van der Waals surface area contributed by atoms with Gasteiger partial charge in [-0.25, -0.2) is 0 Å². The molecule has 0 heterocycles. The molecule has 0 aliphatic rings. The van der Waals surface area contributed by atoms with E-state index in [1.807, 2.05) is 30.3 Å². The summed E-state index contributed by atoms with van der Waals surface area (Å²) in [6.45, 7) is 0. The van der Waals surface area contributed by atoms with Crippen molar-refractivity contribution in [3.63, 3.8) is 0 Å². The summed E-state index contributed by atoms with van der Waals surface area (Å²) in [5.41, 5.74) is 0.706. The molecule has 20 heavy (non-hydrogen) atoms. The fourth-order valence-corrected chi connectivity index (χ4v) is 2.47. The van der Waals surface area contributed by atoms with E-state index in [1.54, 1.807) is 25.3 Å². The van der Waals surface area contributed by atoms with E-state index in [9.17, 15) is 4.79 Å². The Balaban J connectivity index is 1.85. The van der Waals surface area contributed by atoms with E-state index in [0.29, 0.717) is 16.5 Å². The number of hydrogen-bond donors (Lipinski definition) is 1. The van der Waals surface area contributed by atoms with Crippen molar-refractivity contribution in [2.75, 3.05) is 18.2 Å². The van der Waals surface area contributed by atoms with Gasteiger partial charge in [0.1, 0.15) is 5.75 Å². The molecule has 1 amide bonds. The molecule has 0 saturated heterocycles. The van der Waals surface area contributed by atoms with Crippen LogP contribution in [0.2, 0.25) is 5.02 Å². The first-order chi connectivity index (χ1) is 9.67. The first-order valence-corrected chi connectivity index (χ1v) is 7.36. The number of nitrogens with one attached hydrogen (secondary N) is 1. The zero-order chi connectivity index (χ0) is 14.4. The van der Waals surface area contributed by atoms with Crippen LogP contribution in [-0.4, -0.2) is 18.8 Å². The van der Waals surface area contributed by atoms with Crippen LogP contribution in [0.25, 0.3) is 0 Å². The Kier molecular flexibility index (Phi) is 5.32. The Bertz CT molecular complexity index is 587. The highest BCUT2D eigenvalue weighted by Gasteiger charge is 2.04. The number of thioether (sulfide) groups is 1. The highest BCUT2D eigenvalue weighted by Crippen LogP contribution is 2.21.